The number of aryl methyl sites for hydroxylation is 2. The van der Waals surface area contributed by atoms with Gasteiger partial charge in [0.05, 0.1) is 11.1 Å². The van der Waals surface area contributed by atoms with Crippen LogP contribution in [0.5, 0.6) is 0 Å². The number of ketones is 1. The van der Waals surface area contributed by atoms with Crippen LogP contribution in [0.4, 0.5) is 5.82 Å². The molecule has 2 N–H and O–H groups in total. The molecule has 0 amide bonds. The molecule has 0 aliphatic heterocycles. The number of fused-ring (bicyclic) bond motifs is 3. The Bertz CT molecular complexity index is 937. The van der Waals surface area contributed by atoms with Gasteiger partial charge in [-0.05, 0) is 49.1 Å². The number of benzene rings is 1. The number of thiophene rings is 1. The number of rotatable bonds is 4. The van der Waals surface area contributed by atoms with Gasteiger partial charge in [0.1, 0.15) is 10.6 Å². The van der Waals surface area contributed by atoms with Crippen molar-refractivity contribution in [2.45, 2.75) is 24.4 Å². The molecule has 1 aliphatic carbocycles. The number of thioether (sulfide) groups is 1. The topological polar surface area (TPSA) is 68.9 Å². The van der Waals surface area contributed by atoms with Gasteiger partial charge < -0.3 is 5.73 Å². The van der Waals surface area contributed by atoms with Crippen molar-refractivity contribution < 1.29 is 4.79 Å². The number of anilines is 1. The Morgan fingerprint density at radius 2 is 2.04 bits per heavy atom. The van der Waals surface area contributed by atoms with Gasteiger partial charge in [0.15, 0.2) is 10.9 Å². The summed E-state index contributed by atoms with van der Waals surface area (Å²) in [6.07, 6.45) is 3.35. The molecule has 2 aromatic heterocycles. The van der Waals surface area contributed by atoms with E-state index in [1.54, 1.807) is 35.6 Å². The van der Waals surface area contributed by atoms with Crippen molar-refractivity contribution in [1.82, 2.24) is 9.97 Å². The molecular weight excluding hydrogens is 362 g/mol. The largest absolute Gasteiger partial charge is 0.383 e. The molecule has 0 saturated carbocycles. The number of aromatic nitrogens is 2. The van der Waals surface area contributed by atoms with Crippen molar-refractivity contribution in [3.8, 4) is 0 Å². The van der Waals surface area contributed by atoms with E-state index < -0.39 is 0 Å². The first-order valence-corrected chi connectivity index (χ1v) is 9.79. The highest BCUT2D eigenvalue weighted by molar-refractivity contribution is 7.99. The van der Waals surface area contributed by atoms with E-state index in [-0.39, 0.29) is 11.5 Å². The molecule has 3 aromatic rings. The van der Waals surface area contributed by atoms with Crippen LogP contribution in [-0.2, 0) is 12.8 Å². The lowest BCUT2D eigenvalue weighted by Crippen LogP contribution is -2.03. The van der Waals surface area contributed by atoms with Crippen LogP contribution in [0.1, 0.15) is 27.2 Å². The summed E-state index contributed by atoms with van der Waals surface area (Å²) >= 11 is 8.87. The SMILES string of the molecule is Nc1nc(SCC(=O)c2ccc(Cl)cc2)nc2sc3c(c12)CCC3. The number of hydrogen-bond acceptors (Lipinski definition) is 6. The third-order valence-electron chi connectivity index (χ3n) is 4.07. The zero-order chi connectivity index (χ0) is 16.7. The van der Waals surface area contributed by atoms with Gasteiger partial charge in [-0.25, -0.2) is 9.97 Å². The smallest absolute Gasteiger partial charge is 0.191 e. The van der Waals surface area contributed by atoms with E-state index in [0.29, 0.717) is 21.6 Å². The van der Waals surface area contributed by atoms with Gasteiger partial charge in [0, 0.05) is 15.5 Å². The maximum absolute atomic E-state index is 12.2. The van der Waals surface area contributed by atoms with Crippen LogP contribution < -0.4 is 5.73 Å². The summed E-state index contributed by atoms with van der Waals surface area (Å²) in [5.74, 6) is 0.825. The fourth-order valence-corrected chi connectivity index (χ4v) is 5.12. The fourth-order valence-electron chi connectivity index (χ4n) is 2.92. The Morgan fingerprint density at radius 3 is 2.83 bits per heavy atom. The first-order valence-electron chi connectivity index (χ1n) is 7.61. The molecule has 4 rings (SSSR count). The maximum Gasteiger partial charge on any atom is 0.191 e. The minimum absolute atomic E-state index is 0.0209. The molecule has 122 valence electrons. The van der Waals surface area contributed by atoms with E-state index in [1.807, 2.05) is 0 Å². The minimum atomic E-state index is 0.0209. The first-order chi connectivity index (χ1) is 11.6. The second-order valence-corrected chi connectivity index (χ2v) is 8.11. The van der Waals surface area contributed by atoms with Crippen LogP contribution in [-0.4, -0.2) is 21.5 Å². The summed E-state index contributed by atoms with van der Waals surface area (Å²) in [4.78, 5) is 23.6. The molecule has 7 heteroatoms. The molecular formula is C17H14ClN3OS2. The second-order valence-electron chi connectivity index (χ2n) is 5.65. The van der Waals surface area contributed by atoms with Crippen molar-refractivity contribution in [3.63, 3.8) is 0 Å². The highest BCUT2D eigenvalue weighted by Crippen LogP contribution is 2.39. The highest BCUT2D eigenvalue weighted by atomic mass is 35.5. The molecule has 0 saturated heterocycles. The first kappa shape index (κ1) is 15.9. The molecule has 1 aromatic carbocycles. The summed E-state index contributed by atoms with van der Waals surface area (Å²) in [6.45, 7) is 0. The molecule has 24 heavy (non-hydrogen) atoms. The van der Waals surface area contributed by atoms with Crippen molar-refractivity contribution in [2.24, 2.45) is 0 Å². The van der Waals surface area contributed by atoms with E-state index in [4.69, 9.17) is 17.3 Å². The zero-order valence-corrected chi connectivity index (χ0v) is 15.1. The number of Topliss-reactive ketones (excluding diaryl/α,β-unsaturated/α-hetero) is 1. The second kappa shape index (κ2) is 6.35. The maximum atomic E-state index is 12.2. The average Bonchev–Trinajstić information content (AvgIpc) is 3.13. The van der Waals surface area contributed by atoms with Crippen LogP contribution in [0.15, 0.2) is 29.4 Å². The van der Waals surface area contributed by atoms with Gasteiger partial charge in [-0.3, -0.25) is 4.79 Å². The van der Waals surface area contributed by atoms with E-state index >= 15 is 0 Å². The number of nitrogen functional groups attached to an aromatic ring is 1. The van der Waals surface area contributed by atoms with Crippen molar-refractivity contribution in [2.75, 3.05) is 11.5 Å². The van der Waals surface area contributed by atoms with Gasteiger partial charge in [-0.2, -0.15) is 0 Å². The summed E-state index contributed by atoms with van der Waals surface area (Å²) < 4.78 is 0. The Balaban J connectivity index is 1.54. The molecule has 0 bridgehead atoms. The summed E-state index contributed by atoms with van der Waals surface area (Å²) in [5, 5.41) is 2.19. The molecule has 0 fully saturated rings. The predicted molar refractivity (Wildman–Crippen MR) is 100 cm³/mol. The van der Waals surface area contributed by atoms with Crippen LogP contribution in [0.3, 0.4) is 0 Å². The van der Waals surface area contributed by atoms with Gasteiger partial charge in [-0.15, -0.1) is 11.3 Å². The van der Waals surface area contributed by atoms with Crippen LogP contribution in [0.25, 0.3) is 10.2 Å². The molecule has 0 unspecified atom stereocenters. The minimum Gasteiger partial charge on any atom is -0.383 e. The van der Waals surface area contributed by atoms with Crippen molar-refractivity contribution in [3.05, 3.63) is 45.3 Å². The van der Waals surface area contributed by atoms with E-state index in [1.165, 1.54) is 28.6 Å². The lowest BCUT2D eigenvalue weighted by Gasteiger charge is -2.04. The molecule has 1 aliphatic rings. The predicted octanol–water partition coefficient (Wildman–Crippen LogP) is 4.39. The summed E-state index contributed by atoms with van der Waals surface area (Å²) in [6, 6.07) is 6.89. The molecule has 0 spiro atoms. The molecule has 2 heterocycles. The summed E-state index contributed by atoms with van der Waals surface area (Å²) in [5.41, 5.74) is 8.11. The monoisotopic (exact) mass is 375 g/mol. The average molecular weight is 376 g/mol. The normalized spacial score (nSPS) is 13.4. The standard InChI is InChI=1S/C17H14ClN3OS2/c18-10-6-4-9(5-7-10)12(22)8-23-17-20-15(19)14-11-2-1-3-13(11)24-16(14)21-17/h4-7H,1-3,8H2,(H2,19,20,21). The summed E-state index contributed by atoms with van der Waals surface area (Å²) in [7, 11) is 0. The third kappa shape index (κ3) is 2.90. The van der Waals surface area contributed by atoms with Gasteiger partial charge in [0.2, 0.25) is 0 Å². The van der Waals surface area contributed by atoms with Crippen LogP contribution >= 0.6 is 34.7 Å². The molecule has 0 radical (unpaired) electrons. The highest BCUT2D eigenvalue weighted by Gasteiger charge is 2.21. The Hall–Kier alpha value is -1.63. The lowest BCUT2D eigenvalue weighted by molar-refractivity contribution is 0.102. The zero-order valence-electron chi connectivity index (χ0n) is 12.7. The number of nitrogens with zero attached hydrogens (tertiary/aromatic N) is 2. The van der Waals surface area contributed by atoms with E-state index in [0.717, 1.165) is 23.1 Å². The van der Waals surface area contributed by atoms with Crippen molar-refractivity contribution >= 4 is 56.5 Å². The number of halogens is 1. The van der Waals surface area contributed by atoms with Crippen LogP contribution in [0.2, 0.25) is 5.02 Å². The van der Waals surface area contributed by atoms with Gasteiger partial charge in [-0.1, -0.05) is 23.4 Å². The van der Waals surface area contributed by atoms with E-state index in [2.05, 4.69) is 9.97 Å². The Kier molecular flexibility index (Phi) is 4.20. The number of nitrogens with two attached hydrogens (primary N) is 1. The number of hydrogen-bond donors (Lipinski definition) is 1. The third-order valence-corrected chi connectivity index (χ3v) is 6.36. The van der Waals surface area contributed by atoms with Gasteiger partial charge >= 0.3 is 0 Å². The molecule has 4 nitrogen and oxygen atoms in total. The molecule has 0 atom stereocenters. The number of carbonyl (C=O) groups is 1. The quantitative estimate of drug-likeness (QED) is 0.416. The van der Waals surface area contributed by atoms with E-state index in [9.17, 15) is 4.79 Å². The Labute approximate surface area is 152 Å². The van der Waals surface area contributed by atoms with Crippen molar-refractivity contribution in [1.29, 1.82) is 0 Å². The lowest BCUT2D eigenvalue weighted by atomic mass is 10.1. The van der Waals surface area contributed by atoms with Crippen LogP contribution in [0, 0.1) is 0 Å². The number of carbonyl (C=O) groups excluding carboxylic acids is 1. The fraction of sp³-hybridized carbons (Fsp3) is 0.235. The Morgan fingerprint density at radius 1 is 1.25 bits per heavy atom. The van der Waals surface area contributed by atoms with Gasteiger partial charge in [0.25, 0.3) is 0 Å².